The van der Waals surface area contributed by atoms with Gasteiger partial charge in [0.25, 0.3) is 23.6 Å². The Kier molecular flexibility index (Phi) is 15.8. The van der Waals surface area contributed by atoms with Gasteiger partial charge in [-0.3, -0.25) is 60.9 Å². The predicted molar refractivity (Wildman–Crippen MR) is 211 cm³/mol. The molecule has 280 valence electrons. The van der Waals surface area contributed by atoms with E-state index in [1.807, 2.05) is 13.8 Å². The van der Waals surface area contributed by atoms with Gasteiger partial charge in [0.2, 0.25) is 0 Å². The quantitative estimate of drug-likeness (QED) is 0.111. The van der Waals surface area contributed by atoms with Gasteiger partial charge in [-0.1, -0.05) is 90.4 Å². The molecule has 4 aliphatic rings. The van der Waals surface area contributed by atoms with Crippen LogP contribution in [0.3, 0.4) is 0 Å². The summed E-state index contributed by atoms with van der Waals surface area (Å²) in [6, 6.07) is 0. The van der Waals surface area contributed by atoms with Crippen LogP contribution in [0.5, 0.6) is 0 Å². The predicted octanol–water partition coefficient (Wildman–Crippen LogP) is 1.39. The van der Waals surface area contributed by atoms with Crippen LogP contribution in [0.15, 0.2) is 0 Å². The first-order chi connectivity index (χ1) is 23.1. The molecule has 0 heterocycles. The number of nitrogens with one attached hydrogen (secondary N) is 4. The van der Waals surface area contributed by atoms with Gasteiger partial charge < -0.3 is 0 Å². The number of thiocarbonyl (C=S) groups is 4. The molecule has 17 heteroatoms. The van der Waals surface area contributed by atoms with Crippen molar-refractivity contribution in [3.63, 3.8) is 0 Å². The van der Waals surface area contributed by atoms with E-state index in [1.54, 1.807) is 48.2 Å². The molecule has 4 rings (SSSR count). The van der Waals surface area contributed by atoms with E-state index in [0.29, 0.717) is 32.8 Å². The Morgan fingerprint density at radius 1 is 0.471 bits per heavy atom. The molecule has 4 saturated carbocycles. The Bertz CT molecular complexity index is 1210. The zero-order valence-electron chi connectivity index (χ0n) is 32.3. The molecular formula is C34H56N8NaO4S4+. The molecule has 51 heavy (non-hydrogen) atoms. The van der Waals surface area contributed by atoms with Gasteiger partial charge in [0.15, 0.2) is 0 Å². The molecule has 0 aliphatic heterocycles. The fourth-order valence-corrected chi connectivity index (χ4v) is 6.38. The van der Waals surface area contributed by atoms with Crippen molar-refractivity contribution in [2.45, 2.75) is 106 Å². The van der Waals surface area contributed by atoms with Gasteiger partial charge in [-0.2, -0.15) is 0 Å². The maximum Gasteiger partial charge on any atom is 1.00 e. The van der Waals surface area contributed by atoms with E-state index in [2.05, 4.69) is 49.4 Å². The SMILES string of the molecule is CCC(C(=O)NN(C)C(=S)C1(C)CC1)C(=O)NN(C)C(=S)C1(C)CC1.CCC(C(=O)NN(C)C(=S)C1(C)CC1)C(=O)NN(C)C(=S)C1(C)CC1.[Na+]. The van der Waals surface area contributed by atoms with Crippen LogP contribution in [-0.2, 0) is 19.2 Å². The molecule has 0 unspecified atom stereocenters. The smallest absolute Gasteiger partial charge is 0.281 e. The first kappa shape index (κ1) is 45.6. The van der Waals surface area contributed by atoms with Crippen LogP contribution in [-0.4, -0.2) is 91.8 Å². The zero-order chi connectivity index (χ0) is 38.0. The second-order valence-electron chi connectivity index (χ2n) is 15.5. The summed E-state index contributed by atoms with van der Waals surface area (Å²) in [7, 11) is 6.90. The molecule has 4 aliphatic carbocycles. The van der Waals surface area contributed by atoms with Crippen LogP contribution in [0.25, 0.3) is 0 Å². The van der Waals surface area contributed by atoms with Crippen molar-refractivity contribution in [1.29, 1.82) is 0 Å². The van der Waals surface area contributed by atoms with Gasteiger partial charge in [-0.05, 0) is 64.2 Å². The molecule has 0 saturated heterocycles. The molecule has 4 N–H and O–H groups in total. The summed E-state index contributed by atoms with van der Waals surface area (Å²) in [4.78, 5) is 52.9. The number of rotatable bonds is 10. The molecule has 0 aromatic carbocycles. The molecule has 0 aromatic rings. The number of hydrogen-bond donors (Lipinski definition) is 4. The monoisotopic (exact) mass is 791 g/mol. The summed E-state index contributed by atoms with van der Waals surface area (Å²) in [5.74, 6) is -3.02. The minimum atomic E-state index is -0.797. The number of hydrazine groups is 4. The second-order valence-corrected chi connectivity index (χ2v) is 17.1. The number of amides is 4. The van der Waals surface area contributed by atoms with Gasteiger partial charge in [0.1, 0.15) is 31.8 Å². The zero-order valence-corrected chi connectivity index (χ0v) is 37.5. The average Bonchev–Trinajstić information content (AvgIpc) is 3.85. The van der Waals surface area contributed by atoms with Crippen molar-refractivity contribution in [3.8, 4) is 0 Å². The summed E-state index contributed by atoms with van der Waals surface area (Å²) < 4.78 is 0. The summed E-state index contributed by atoms with van der Waals surface area (Å²) >= 11 is 21.7. The molecule has 0 bridgehead atoms. The molecule has 4 amide bonds. The number of carbonyl (C=O) groups excluding carboxylic acids is 4. The maximum atomic E-state index is 12.5. The van der Waals surface area contributed by atoms with Gasteiger partial charge in [0, 0.05) is 49.9 Å². The van der Waals surface area contributed by atoms with Crippen molar-refractivity contribution in [2.24, 2.45) is 33.5 Å². The van der Waals surface area contributed by atoms with Crippen LogP contribution < -0.4 is 51.3 Å². The summed E-state index contributed by atoms with van der Waals surface area (Å²) in [5.41, 5.74) is 11.0. The Labute approximate surface area is 347 Å². The van der Waals surface area contributed by atoms with E-state index in [-0.39, 0.29) is 74.8 Å². The minimum absolute atomic E-state index is 0. The molecule has 0 atom stereocenters. The van der Waals surface area contributed by atoms with Gasteiger partial charge in [-0.25, -0.2) is 0 Å². The van der Waals surface area contributed by atoms with Crippen molar-refractivity contribution in [3.05, 3.63) is 0 Å². The minimum Gasteiger partial charge on any atom is -0.281 e. The number of hydrogen-bond acceptors (Lipinski definition) is 8. The Morgan fingerprint density at radius 3 is 0.745 bits per heavy atom. The third-order valence-electron chi connectivity index (χ3n) is 10.5. The summed E-state index contributed by atoms with van der Waals surface area (Å²) in [6.07, 6.45) is 9.05. The van der Waals surface area contributed by atoms with Crippen molar-refractivity contribution in [2.75, 3.05) is 28.2 Å². The van der Waals surface area contributed by atoms with Crippen LogP contribution in [0.1, 0.15) is 106 Å². The van der Waals surface area contributed by atoms with E-state index in [9.17, 15) is 19.2 Å². The second kappa shape index (κ2) is 17.7. The number of nitrogens with zero attached hydrogens (tertiary/aromatic N) is 4. The van der Waals surface area contributed by atoms with E-state index in [0.717, 1.165) is 51.4 Å². The first-order valence-electron chi connectivity index (χ1n) is 17.4. The molecule has 4 fully saturated rings. The van der Waals surface area contributed by atoms with Crippen LogP contribution in [0.4, 0.5) is 0 Å². The fourth-order valence-electron chi connectivity index (χ4n) is 5.38. The normalized spacial score (nSPS) is 18.6. The largest absolute Gasteiger partial charge is 1.00 e. The molecule has 0 spiro atoms. The van der Waals surface area contributed by atoms with Gasteiger partial charge >= 0.3 is 29.6 Å². The van der Waals surface area contributed by atoms with E-state index in [1.165, 1.54) is 0 Å². The van der Waals surface area contributed by atoms with Crippen molar-refractivity contribution in [1.82, 2.24) is 41.7 Å². The Hall–Kier alpha value is -1.56. The summed E-state index contributed by atoms with van der Waals surface area (Å²) in [5, 5.41) is 6.28. The molecule has 0 radical (unpaired) electrons. The summed E-state index contributed by atoms with van der Waals surface area (Å²) in [6.45, 7) is 11.9. The third kappa shape index (κ3) is 11.7. The van der Waals surface area contributed by atoms with E-state index in [4.69, 9.17) is 48.9 Å². The standard InChI is InChI=1S/2C17H28N4O2S2.Na/c2*1-6-11(12(22)18-20(4)14(24)16(2)7-8-16)13(23)19-21(5)15(25)17(3)9-10-17;/h2*11H,6-10H2,1-5H3,(H,18,22)(H,19,23);/q;;+1. The van der Waals surface area contributed by atoms with Crippen molar-refractivity contribution < 1.29 is 48.7 Å². The fraction of sp³-hybridized carbons (Fsp3) is 0.765. The van der Waals surface area contributed by atoms with Crippen LogP contribution >= 0.6 is 48.9 Å². The van der Waals surface area contributed by atoms with Gasteiger partial charge in [-0.15, -0.1) is 0 Å². The first-order valence-corrected chi connectivity index (χ1v) is 19.1. The Balaban J connectivity index is 0.000000347. The van der Waals surface area contributed by atoms with Gasteiger partial charge in [0.05, 0.1) is 0 Å². The molecule has 12 nitrogen and oxygen atoms in total. The van der Waals surface area contributed by atoms with Crippen LogP contribution in [0.2, 0.25) is 0 Å². The molecular weight excluding hydrogens is 736 g/mol. The van der Waals surface area contributed by atoms with Crippen molar-refractivity contribution >= 4 is 92.5 Å². The maximum absolute atomic E-state index is 12.5. The van der Waals surface area contributed by atoms with E-state index >= 15 is 0 Å². The topological polar surface area (TPSA) is 129 Å². The average molecular weight is 792 g/mol. The Morgan fingerprint density at radius 2 is 0.627 bits per heavy atom. The molecule has 0 aromatic heterocycles. The van der Waals surface area contributed by atoms with E-state index < -0.39 is 11.8 Å². The third-order valence-corrected chi connectivity index (χ3v) is 13.5. The number of carbonyl (C=O) groups is 4. The van der Waals surface area contributed by atoms with Crippen LogP contribution in [0, 0.1) is 33.5 Å².